The Morgan fingerprint density at radius 3 is 2.57 bits per heavy atom. The van der Waals surface area contributed by atoms with E-state index < -0.39 is 0 Å². The first kappa shape index (κ1) is 17.9. The van der Waals surface area contributed by atoms with Crippen LogP contribution < -0.4 is 4.67 Å². The van der Waals surface area contributed by atoms with Crippen molar-refractivity contribution >= 4 is 45.9 Å². The first-order valence-corrected chi connectivity index (χ1v) is 9.14. The number of halogens is 1. The number of benzene rings is 1. The van der Waals surface area contributed by atoms with Crippen LogP contribution in [0.15, 0.2) is 23.2 Å². The van der Waals surface area contributed by atoms with Crippen molar-refractivity contribution in [3.8, 4) is 0 Å². The largest absolute Gasteiger partial charge is 0.273 e. The Morgan fingerprint density at radius 2 is 1.87 bits per heavy atom. The molecule has 0 fully saturated rings. The summed E-state index contributed by atoms with van der Waals surface area (Å²) < 4.78 is 2.20. The zero-order valence-corrected chi connectivity index (χ0v) is 15.0. The van der Waals surface area contributed by atoms with E-state index in [2.05, 4.69) is 11.9 Å². The van der Waals surface area contributed by atoms with Crippen LogP contribution in [0.3, 0.4) is 0 Å². The molecular weight excluding hydrogens is 332 g/mol. The Balaban J connectivity index is 2.48. The van der Waals surface area contributed by atoms with E-state index in [1.54, 1.807) is 16.1 Å². The number of aromatic nitrogens is 1. The highest BCUT2D eigenvalue weighted by atomic mass is 35.5. The van der Waals surface area contributed by atoms with E-state index in [1.807, 2.05) is 13.0 Å². The fourth-order valence-electron chi connectivity index (χ4n) is 2.23. The van der Waals surface area contributed by atoms with Gasteiger partial charge in [0.2, 0.25) is 11.8 Å². The number of fused-ring (bicyclic) bond motifs is 1. The molecule has 0 spiro atoms. The summed E-state index contributed by atoms with van der Waals surface area (Å²) in [5, 5.41) is 1.33. The fraction of sp³-hybridized carbons (Fsp3) is 0.471. The number of nitrogens with zero attached hydrogens (tertiary/aromatic N) is 2. The number of carbonyl (C=O) groups excluding carboxylic acids is 2. The molecule has 1 amide bonds. The first-order valence-electron chi connectivity index (χ1n) is 7.99. The Kier molecular flexibility index (Phi) is 6.54. The summed E-state index contributed by atoms with van der Waals surface area (Å²) in [5.74, 6) is -0.116. The van der Waals surface area contributed by atoms with Crippen molar-refractivity contribution in [3.05, 3.63) is 27.9 Å². The van der Waals surface area contributed by atoms with Crippen molar-refractivity contribution in [2.75, 3.05) is 0 Å². The summed E-state index contributed by atoms with van der Waals surface area (Å²) in [6.45, 7) is 4.09. The van der Waals surface area contributed by atoms with Crippen LogP contribution in [0, 0.1) is 0 Å². The summed E-state index contributed by atoms with van der Waals surface area (Å²) in [6.07, 6.45) is 4.51. The van der Waals surface area contributed by atoms with Gasteiger partial charge in [-0.1, -0.05) is 38.3 Å². The summed E-state index contributed by atoms with van der Waals surface area (Å²) in [5.41, 5.74) is 0.766. The lowest BCUT2D eigenvalue weighted by atomic mass is 10.2. The normalized spacial score (nSPS) is 12.0. The minimum atomic E-state index is -0.150. The number of carbonyl (C=O) groups is 2. The number of hydrogen-bond acceptors (Lipinski definition) is 3. The smallest absolute Gasteiger partial charge is 0.247 e. The van der Waals surface area contributed by atoms with Gasteiger partial charge < -0.3 is 0 Å². The Labute approximate surface area is 144 Å². The van der Waals surface area contributed by atoms with Crippen LogP contribution in [0.25, 0.3) is 10.9 Å². The maximum atomic E-state index is 12.4. The monoisotopic (exact) mass is 352 g/mol. The molecule has 1 heterocycles. The molecule has 1 aromatic carbocycles. The van der Waals surface area contributed by atoms with Crippen molar-refractivity contribution in [1.29, 1.82) is 0 Å². The standard InChI is InChI=1S/C17H21ClN2O2S/c1-3-5-7-15(21)19-17-13-11-12(18)9-10-14(13)20(23-17)16(22)8-6-4-2/h9-11H,3-8H2,1-2H3. The minimum Gasteiger partial charge on any atom is -0.273 e. The number of unbranched alkanes of at least 4 members (excludes halogenated alkanes) is 2. The van der Waals surface area contributed by atoms with E-state index >= 15 is 0 Å². The van der Waals surface area contributed by atoms with E-state index in [0.717, 1.165) is 36.6 Å². The highest BCUT2D eigenvalue weighted by molar-refractivity contribution is 7.06. The fourth-order valence-corrected chi connectivity index (χ4v) is 3.43. The molecule has 0 aliphatic rings. The quantitative estimate of drug-likeness (QED) is 0.749. The van der Waals surface area contributed by atoms with Crippen LogP contribution in [-0.4, -0.2) is 15.8 Å². The van der Waals surface area contributed by atoms with Gasteiger partial charge in [0, 0.05) is 23.3 Å². The van der Waals surface area contributed by atoms with E-state index in [9.17, 15) is 9.59 Å². The maximum Gasteiger partial charge on any atom is 0.247 e. The average molecular weight is 353 g/mol. The van der Waals surface area contributed by atoms with Crippen molar-refractivity contribution in [1.82, 2.24) is 3.96 Å². The van der Waals surface area contributed by atoms with Gasteiger partial charge in [-0.15, -0.1) is 0 Å². The predicted octanol–water partition coefficient (Wildman–Crippen LogP) is 4.80. The third kappa shape index (κ3) is 4.52. The average Bonchev–Trinajstić information content (AvgIpc) is 2.88. The van der Waals surface area contributed by atoms with Gasteiger partial charge in [0.05, 0.1) is 5.52 Å². The van der Waals surface area contributed by atoms with Gasteiger partial charge in [-0.3, -0.25) is 9.59 Å². The molecule has 0 atom stereocenters. The van der Waals surface area contributed by atoms with Gasteiger partial charge in [0.15, 0.2) is 0 Å². The third-order valence-corrected chi connectivity index (χ3v) is 4.83. The van der Waals surface area contributed by atoms with Gasteiger partial charge in [-0.25, -0.2) is 8.95 Å². The minimum absolute atomic E-state index is 0.0339. The molecule has 0 N–H and O–H groups in total. The van der Waals surface area contributed by atoms with E-state index in [0.29, 0.717) is 22.5 Å². The molecule has 124 valence electrons. The Morgan fingerprint density at radius 1 is 1.17 bits per heavy atom. The van der Waals surface area contributed by atoms with Crippen LogP contribution in [-0.2, 0) is 4.79 Å². The molecule has 1 aromatic heterocycles. The van der Waals surface area contributed by atoms with Gasteiger partial charge in [-0.2, -0.15) is 0 Å². The summed E-state index contributed by atoms with van der Waals surface area (Å²) in [7, 11) is 0. The van der Waals surface area contributed by atoms with Crippen molar-refractivity contribution in [2.24, 2.45) is 4.99 Å². The zero-order chi connectivity index (χ0) is 16.8. The number of rotatable bonds is 6. The zero-order valence-electron chi connectivity index (χ0n) is 13.5. The lowest BCUT2D eigenvalue weighted by Crippen LogP contribution is -2.07. The molecule has 2 rings (SSSR count). The van der Waals surface area contributed by atoms with Gasteiger partial charge >= 0.3 is 0 Å². The second-order valence-electron chi connectivity index (χ2n) is 5.46. The van der Waals surface area contributed by atoms with Crippen LogP contribution in [0.4, 0.5) is 0 Å². The maximum absolute atomic E-state index is 12.4. The highest BCUT2D eigenvalue weighted by Crippen LogP contribution is 2.20. The third-order valence-electron chi connectivity index (χ3n) is 3.53. The van der Waals surface area contributed by atoms with Crippen LogP contribution >= 0.6 is 23.1 Å². The molecule has 0 radical (unpaired) electrons. The highest BCUT2D eigenvalue weighted by Gasteiger charge is 2.13. The summed E-state index contributed by atoms with van der Waals surface area (Å²) in [6, 6.07) is 5.33. The topological polar surface area (TPSA) is 51.4 Å². The number of amides is 1. The second kappa shape index (κ2) is 8.41. The molecule has 6 heteroatoms. The Bertz CT molecular complexity index is 776. The molecule has 23 heavy (non-hydrogen) atoms. The van der Waals surface area contributed by atoms with Crippen molar-refractivity contribution in [3.63, 3.8) is 0 Å². The van der Waals surface area contributed by atoms with E-state index in [-0.39, 0.29) is 11.8 Å². The van der Waals surface area contributed by atoms with Gasteiger partial charge in [-0.05, 0) is 42.6 Å². The summed E-state index contributed by atoms with van der Waals surface area (Å²) in [4.78, 5) is 28.5. The SMILES string of the molecule is CCCCC(=O)N=c1sn(C(=O)CCCC)c2ccc(Cl)cc12. The molecule has 2 aromatic rings. The molecule has 0 saturated heterocycles. The molecule has 4 nitrogen and oxygen atoms in total. The predicted molar refractivity (Wildman–Crippen MR) is 95.1 cm³/mol. The Hall–Kier alpha value is -1.46. The van der Waals surface area contributed by atoms with Crippen molar-refractivity contribution in [2.45, 2.75) is 52.4 Å². The van der Waals surface area contributed by atoms with Crippen LogP contribution in [0.5, 0.6) is 0 Å². The molecular formula is C17H21ClN2O2S. The van der Waals surface area contributed by atoms with Gasteiger partial charge in [0.1, 0.15) is 4.67 Å². The second-order valence-corrected chi connectivity index (χ2v) is 6.83. The van der Waals surface area contributed by atoms with Gasteiger partial charge in [0.25, 0.3) is 0 Å². The molecule has 0 aliphatic heterocycles. The first-order chi connectivity index (χ1) is 11.1. The number of hydrogen-bond donors (Lipinski definition) is 0. The lowest BCUT2D eigenvalue weighted by Gasteiger charge is -2.01. The lowest BCUT2D eigenvalue weighted by molar-refractivity contribution is -0.118. The molecule has 0 aliphatic carbocycles. The van der Waals surface area contributed by atoms with Crippen LogP contribution in [0.1, 0.15) is 57.2 Å². The van der Waals surface area contributed by atoms with Crippen molar-refractivity contribution < 1.29 is 9.59 Å². The molecule has 0 saturated carbocycles. The van der Waals surface area contributed by atoms with E-state index in [1.165, 1.54) is 11.5 Å². The summed E-state index contributed by atoms with van der Waals surface area (Å²) >= 11 is 7.29. The molecule has 0 unspecified atom stereocenters. The van der Waals surface area contributed by atoms with E-state index in [4.69, 9.17) is 11.6 Å². The molecule has 0 bridgehead atoms. The van der Waals surface area contributed by atoms with Crippen LogP contribution in [0.2, 0.25) is 5.02 Å².